The molecule has 1 aliphatic rings. The van der Waals surface area contributed by atoms with Crippen LogP contribution in [0.25, 0.3) is 0 Å². The first kappa shape index (κ1) is 18.0. The smallest absolute Gasteiger partial charge is 0.255 e. The molecule has 1 fully saturated rings. The number of likely N-dealkylation sites (N-methyl/N-ethyl adjacent to an activating group) is 1. The largest absolute Gasteiger partial charge is 0.354 e. The molecule has 0 saturated carbocycles. The van der Waals surface area contributed by atoms with Crippen LogP contribution in [0, 0.1) is 0 Å². The van der Waals surface area contributed by atoms with E-state index in [1.807, 2.05) is 4.90 Å². The Morgan fingerprint density at radius 1 is 1.04 bits per heavy atom. The van der Waals surface area contributed by atoms with Crippen LogP contribution >= 0.6 is 23.2 Å². The molecule has 1 saturated heterocycles. The number of anilines is 2. The van der Waals surface area contributed by atoms with Crippen LogP contribution < -0.4 is 5.32 Å². The van der Waals surface area contributed by atoms with E-state index >= 15 is 0 Å². The van der Waals surface area contributed by atoms with E-state index in [4.69, 9.17) is 23.2 Å². The monoisotopic (exact) mass is 378 g/mol. The molecule has 1 N–H and O–H groups in total. The standard InChI is InChI=1S/C18H20Cl2N4O/c1-2-23-3-5-24(6-4-23)18(25)13-7-17(12-21-11-13)22-16-9-14(19)8-15(20)10-16/h7-12,22H,2-6H2,1H3. The van der Waals surface area contributed by atoms with Crippen molar-refractivity contribution in [1.29, 1.82) is 0 Å². The Labute approximate surface area is 157 Å². The van der Waals surface area contributed by atoms with Gasteiger partial charge in [-0.1, -0.05) is 30.1 Å². The molecule has 3 rings (SSSR count). The number of carbonyl (C=O) groups excluding carboxylic acids is 1. The van der Waals surface area contributed by atoms with Gasteiger partial charge in [-0.05, 0) is 30.8 Å². The first-order valence-electron chi connectivity index (χ1n) is 8.25. The van der Waals surface area contributed by atoms with Gasteiger partial charge < -0.3 is 15.1 Å². The average molecular weight is 379 g/mol. The lowest BCUT2D eigenvalue weighted by atomic mass is 10.2. The Morgan fingerprint density at radius 3 is 2.36 bits per heavy atom. The van der Waals surface area contributed by atoms with Crippen LogP contribution in [-0.4, -0.2) is 53.4 Å². The summed E-state index contributed by atoms with van der Waals surface area (Å²) in [5.74, 6) is 0.0102. The zero-order valence-corrected chi connectivity index (χ0v) is 15.5. The number of carbonyl (C=O) groups is 1. The first-order chi connectivity index (χ1) is 12.0. The number of amides is 1. The predicted molar refractivity (Wildman–Crippen MR) is 102 cm³/mol. The summed E-state index contributed by atoms with van der Waals surface area (Å²) in [5, 5.41) is 4.28. The second kappa shape index (κ2) is 8.04. The van der Waals surface area contributed by atoms with Gasteiger partial charge >= 0.3 is 0 Å². The van der Waals surface area contributed by atoms with Crippen LogP contribution in [-0.2, 0) is 0 Å². The normalized spacial score (nSPS) is 15.2. The van der Waals surface area contributed by atoms with E-state index in [2.05, 4.69) is 22.1 Å². The van der Waals surface area contributed by atoms with Crippen LogP contribution in [0.5, 0.6) is 0 Å². The van der Waals surface area contributed by atoms with Gasteiger partial charge in [0.2, 0.25) is 0 Å². The third kappa shape index (κ3) is 4.63. The van der Waals surface area contributed by atoms with Crippen LogP contribution in [0.15, 0.2) is 36.7 Å². The Bertz CT molecular complexity index is 740. The van der Waals surface area contributed by atoms with Gasteiger partial charge in [0.05, 0.1) is 17.4 Å². The van der Waals surface area contributed by atoms with Crippen molar-refractivity contribution in [2.45, 2.75) is 6.92 Å². The molecule has 0 radical (unpaired) electrons. The molecule has 0 aliphatic carbocycles. The number of hydrogen-bond donors (Lipinski definition) is 1. The number of nitrogens with zero attached hydrogens (tertiary/aromatic N) is 3. The van der Waals surface area contributed by atoms with Gasteiger partial charge in [0, 0.05) is 48.1 Å². The molecule has 7 heteroatoms. The predicted octanol–water partition coefficient (Wildman–Crippen LogP) is 3.91. The summed E-state index contributed by atoms with van der Waals surface area (Å²) < 4.78 is 0. The van der Waals surface area contributed by atoms with Crippen molar-refractivity contribution in [2.75, 3.05) is 38.0 Å². The van der Waals surface area contributed by atoms with Gasteiger partial charge in [0.15, 0.2) is 0 Å². The molecule has 2 aromatic rings. The average Bonchev–Trinajstić information content (AvgIpc) is 2.60. The minimum atomic E-state index is 0.0102. The van der Waals surface area contributed by atoms with Gasteiger partial charge in [0.25, 0.3) is 5.91 Å². The molecule has 1 amide bonds. The molecule has 0 unspecified atom stereocenters. The number of benzene rings is 1. The minimum absolute atomic E-state index is 0.0102. The summed E-state index contributed by atoms with van der Waals surface area (Å²) in [7, 11) is 0. The molecule has 0 spiro atoms. The van der Waals surface area contributed by atoms with Gasteiger partial charge in [-0.25, -0.2) is 0 Å². The van der Waals surface area contributed by atoms with Gasteiger partial charge in [-0.3, -0.25) is 9.78 Å². The second-order valence-corrected chi connectivity index (χ2v) is 6.84. The number of halogens is 2. The zero-order valence-electron chi connectivity index (χ0n) is 14.0. The highest BCUT2D eigenvalue weighted by Gasteiger charge is 2.21. The molecular formula is C18H20Cl2N4O. The van der Waals surface area contributed by atoms with Crippen molar-refractivity contribution in [1.82, 2.24) is 14.8 Å². The van der Waals surface area contributed by atoms with E-state index < -0.39 is 0 Å². The maximum atomic E-state index is 12.7. The van der Waals surface area contributed by atoms with E-state index in [1.54, 1.807) is 36.7 Å². The summed E-state index contributed by atoms with van der Waals surface area (Å²) in [6.07, 6.45) is 3.27. The van der Waals surface area contributed by atoms with Crippen molar-refractivity contribution >= 4 is 40.5 Å². The lowest BCUT2D eigenvalue weighted by molar-refractivity contribution is 0.0643. The summed E-state index contributed by atoms with van der Waals surface area (Å²) in [4.78, 5) is 21.1. The van der Waals surface area contributed by atoms with Crippen molar-refractivity contribution in [3.63, 3.8) is 0 Å². The fourth-order valence-electron chi connectivity index (χ4n) is 2.87. The highest BCUT2D eigenvalue weighted by molar-refractivity contribution is 6.35. The Balaban J connectivity index is 1.71. The molecule has 2 heterocycles. The molecule has 0 atom stereocenters. The minimum Gasteiger partial charge on any atom is -0.354 e. The number of nitrogens with one attached hydrogen (secondary N) is 1. The maximum Gasteiger partial charge on any atom is 0.255 e. The maximum absolute atomic E-state index is 12.7. The van der Waals surface area contributed by atoms with E-state index in [-0.39, 0.29) is 5.91 Å². The van der Waals surface area contributed by atoms with Crippen molar-refractivity contribution < 1.29 is 4.79 Å². The molecular weight excluding hydrogens is 359 g/mol. The highest BCUT2D eigenvalue weighted by atomic mass is 35.5. The van der Waals surface area contributed by atoms with Gasteiger partial charge in [0.1, 0.15) is 0 Å². The lowest BCUT2D eigenvalue weighted by Gasteiger charge is -2.34. The van der Waals surface area contributed by atoms with Crippen LogP contribution in [0.4, 0.5) is 11.4 Å². The van der Waals surface area contributed by atoms with E-state index in [9.17, 15) is 4.79 Å². The number of piperazine rings is 1. The van der Waals surface area contributed by atoms with E-state index in [1.165, 1.54) is 0 Å². The molecule has 5 nitrogen and oxygen atoms in total. The number of hydrogen-bond acceptors (Lipinski definition) is 4. The summed E-state index contributed by atoms with van der Waals surface area (Å²) in [5.41, 5.74) is 2.04. The Kier molecular flexibility index (Phi) is 5.78. The molecule has 1 aromatic heterocycles. The number of pyridine rings is 1. The first-order valence-corrected chi connectivity index (χ1v) is 9.00. The number of aromatic nitrogens is 1. The third-order valence-corrected chi connectivity index (χ3v) is 4.68. The zero-order chi connectivity index (χ0) is 17.8. The van der Waals surface area contributed by atoms with Crippen LogP contribution in [0.2, 0.25) is 10.0 Å². The third-order valence-electron chi connectivity index (χ3n) is 4.24. The quantitative estimate of drug-likeness (QED) is 0.875. The second-order valence-electron chi connectivity index (χ2n) is 5.97. The molecule has 1 aliphatic heterocycles. The molecule has 0 bridgehead atoms. The van der Waals surface area contributed by atoms with E-state index in [0.29, 0.717) is 15.6 Å². The Morgan fingerprint density at radius 2 is 1.72 bits per heavy atom. The topological polar surface area (TPSA) is 48.5 Å². The van der Waals surface area contributed by atoms with Crippen molar-refractivity contribution in [2.24, 2.45) is 0 Å². The van der Waals surface area contributed by atoms with Crippen LogP contribution in [0.3, 0.4) is 0 Å². The lowest BCUT2D eigenvalue weighted by Crippen LogP contribution is -2.48. The molecule has 25 heavy (non-hydrogen) atoms. The fourth-order valence-corrected chi connectivity index (χ4v) is 3.39. The van der Waals surface area contributed by atoms with Gasteiger partial charge in [-0.2, -0.15) is 0 Å². The SMILES string of the molecule is CCN1CCN(C(=O)c2cncc(Nc3cc(Cl)cc(Cl)c3)c2)CC1. The van der Waals surface area contributed by atoms with E-state index in [0.717, 1.165) is 44.1 Å². The summed E-state index contributed by atoms with van der Waals surface area (Å²) >= 11 is 12.0. The summed E-state index contributed by atoms with van der Waals surface area (Å²) in [6, 6.07) is 7.01. The highest BCUT2D eigenvalue weighted by Crippen LogP contribution is 2.25. The molecule has 132 valence electrons. The van der Waals surface area contributed by atoms with Crippen molar-refractivity contribution in [3.05, 3.63) is 52.3 Å². The van der Waals surface area contributed by atoms with Crippen LogP contribution in [0.1, 0.15) is 17.3 Å². The fraction of sp³-hybridized carbons (Fsp3) is 0.333. The molecule has 1 aromatic carbocycles. The Hall–Kier alpha value is -1.82. The van der Waals surface area contributed by atoms with Gasteiger partial charge in [-0.15, -0.1) is 0 Å². The summed E-state index contributed by atoms with van der Waals surface area (Å²) in [6.45, 7) is 6.47. The van der Waals surface area contributed by atoms with Crippen molar-refractivity contribution in [3.8, 4) is 0 Å². The number of rotatable bonds is 4.